The molecule has 2 aliphatic heterocycles. The van der Waals surface area contributed by atoms with Gasteiger partial charge in [0.15, 0.2) is 0 Å². The Morgan fingerprint density at radius 3 is 2.56 bits per heavy atom. The van der Waals surface area contributed by atoms with Gasteiger partial charge >= 0.3 is 6.03 Å². The Hall–Kier alpha value is -2.28. The van der Waals surface area contributed by atoms with Crippen LogP contribution in [0.1, 0.15) is 25.7 Å². The highest BCUT2D eigenvalue weighted by Gasteiger charge is 2.30. The molecular weight excluding hydrogens is 344 g/mol. The van der Waals surface area contributed by atoms with E-state index in [-0.39, 0.29) is 12.5 Å². The van der Waals surface area contributed by atoms with Gasteiger partial charge in [-0.15, -0.1) is 0 Å². The molecule has 7 heteroatoms. The lowest BCUT2D eigenvalue weighted by atomic mass is 10.1. The maximum Gasteiger partial charge on any atom is 0.317 e. The molecule has 2 heterocycles. The third-order valence-corrected chi connectivity index (χ3v) is 5.28. The lowest BCUT2D eigenvalue weighted by Crippen LogP contribution is -2.45. The van der Waals surface area contributed by atoms with Gasteiger partial charge in [0.1, 0.15) is 0 Å². The molecule has 1 aromatic carbocycles. The quantitative estimate of drug-likeness (QED) is 0.770. The van der Waals surface area contributed by atoms with Crippen molar-refractivity contribution in [1.82, 2.24) is 15.1 Å². The number of amides is 2. The molecule has 0 radical (unpaired) electrons. The fraction of sp³-hybridized carbons (Fsp3) is 0.600. The van der Waals surface area contributed by atoms with Crippen molar-refractivity contribution in [3.63, 3.8) is 0 Å². The third kappa shape index (κ3) is 6.75. The highest BCUT2D eigenvalue weighted by atomic mass is 16.3. The van der Waals surface area contributed by atoms with Crippen molar-refractivity contribution in [3.8, 4) is 0 Å². The van der Waals surface area contributed by atoms with Crippen molar-refractivity contribution in [2.24, 2.45) is 0 Å². The number of hydrogen-bond donors (Lipinski definition) is 2. The van der Waals surface area contributed by atoms with Crippen molar-refractivity contribution in [1.29, 1.82) is 0 Å². The van der Waals surface area contributed by atoms with E-state index in [0.29, 0.717) is 12.6 Å². The Labute approximate surface area is 161 Å². The minimum Gasteiger partial charge on any atom is -0.483 e. The van der Waals surface area contributed by atoms with Crippen molar-refractivity contribution in [2.45, 2.75) is 31.7 Å². The summed E-state index contributed by atoms with van der Waals surface area (Å²) < 4.78 is 0. The zero-order valence-corrected chi connectivity index (χ0v) is 16.2. The summed E-state index contributed by atoms with van der Waals surface area (Å²) in [5.41, 5.74) is 1.18. The van der Waals surface area contributed by atoms with E-state index in [1.165, 1.54) is 38.0 Å². The summed E-state index contributed by atoms with van der Waals surface area (Å²) in [6, 6.07) is 10.9. The third-order valence-electron chi connectivity index (χ3n) is 5.28. The SMILES string of the molecule is CN(CCNC(=O)N1CCC(N2CCCCC2)C1)c1ccccc1.O=CO. The number of hydrogen-bond acceptors (Lipinski definition) is 4. The molecule has 1 aromatic rings. The predicted octanol–water partition coefficient (Wildman–Crippen LogP) is 2.09. The molecule has 150 valence electrons. The monoisotopic (exact) mass is 376 g/mol. The Morgan fingerprint density at radius 1 is 1.22 bits per heavy atom. The average molecular weight is 377 g/mol. The van der Waals surface area contributed by atoms with Crippen molar-refractivity contribution >= 4 is 18.2 Å². The Balaban J connectivity index is 0.000000817. The normalized spacial score (nSPS) is 19.7. The number of nitrogens with one attached hydrogen (secondary N) is 1. The zero-order valence-electron chi connectivity index (χ0n) is 16.2. The number of nitrogens with zero attached hydrogens (tertiary/aromatic N) is 3. The number of anilines is 1. The predicted molar refractivity (Wildman–Crippen MR) is 107 cm³/mol. The summed E-state index contributed by atoms with van der Waals surface area (Å²) in [7, 11) is 2.06. The first-order chi connectivity index (χ1) is 13.2. The number of rotatable bonds is 5. The molecule has 3 rings (SSSR count). The van der Waals surface area contributed by atoms with Gasteiger partial charge in [-0.1, -0.05) is 24.6 Å². The highest BCUT2D eigenvalue weighted by Crippen LogP contribution is 2.20. The van der Waals surface area contributed by atoms with E-state index in [9.17, 15) is 4.79 Å². The molecule has 7 nitrogen and oxygen atoms in total. The minimum absolute atomic E-state index is 0.0935. The summed E-state index contributed by atoms with van der Waals surface area (Å²) in [6.45, 7) is 5.44. The summed E-state index contributed by atoms with van der Waals surface area (Å²) in [4.78, 5) is 27.5. The van der Waals surface area contributed by atoms with E-state index in [0.717, 1.165) is 26.1 Å². The van der Waals surface area contributed by atoms with E-state index in [2.05, 4.69) is 34.3 Å². The average Bonchev–Trinajstić information content (AvgIpc) is 3.20. The van der Waals surface area contributed by atoms with Crippen LogP contribution in [0.5, 0.6) is 0 Å². The lowest BCUT2D eigenvalue weighted by molar-refractivity contribution is -0.122. The van der Waals surface area contributed by atoms with Crippen LogP contribution in [-0.2, 0) is 4.79 Å². The van der Waals surface area contributed by atoms with Gasteiger partial charge in [0, 0.05) is 45.0 Å². The summed E-state index contributed by atoms with van der Waals surface area (Å²) in [5, 5.41) is 9.96. The number of likely N-dealkylation sites (tertiary alicyclic amines) is 2. The van der Waals surface area contributed by atoms with Crippen LogP contribution in [-0.4, -0.2) is 79.8 Å². The Bertz CT molecular complexity index is 564. The number of benzene rings is 1. The molecule has 0 bridgehead atoms. The molecule has 0 aromatic heterocycles. The topological polar surface area (TPSA) is 76.1 Å². The summed E-state index contributed by atoms with van der Waals surface area (Å²) in [5.74, 6) is 0. The molecule has 0 spiro atoms. The molecule has 0 saturated carbocycles. The van der Waals surface area contributed by atoms with E-state index in [1.807, 2.05) is 23.1 Å². The zero-order chi connectivity index (χ0) is 19.5. The summed E-state index contributed by atoms with van der Waals surface area (Å²) >= 11 is 0. The Kier molecular flexibility index (Phi) is 8.91. The van der Waals surface area contributed by atoms with Crippen LogP contribution in [0.3, 0.4) is 0 Å². The van der Waals surface area contributed by atoms with Crippen LogP contribution in [0.4, 0.5) is 10.5 Å². The van der Waals surface area contributed by atoms with Crippen LogP contribution in [0.25, 0.3) is 0 Å². The second-order valence-electron chi connectivity index (χ2n) is 7.08. The van der Waals surface area contributed by atoms with Gasteiger partial charge in [-0.3, -0.25) is 9.69 Å². The first kappa shape index (κ1) is 21.0. The van der Waals surface area contributed by atoms with Crippen LogP contribution < -0.4 is 10.2 Å². The van der Waals surface area contributed by atoms with E-state index < -0.39 is 0 Å². The van der Waals surface area contributed by atoms with Crippen LogP contribution in [0.2, 0.25) is 0 Å². The van der Waals surface area contributed by atoms with Crippen molar-refractivity contribution in [2.75, 3.05) is 51.2 Å². The van der Waals surface area contributed by atoms with Crippen LogP contribution in [0, 0.1) is 0 Å². The second kappa shape index (κ2) is 11.4. The molecule has 2 amide bonds. The number of para-hydroxylation sites is 1. The van der Waals surface area contributed by atoms with Gasteiger partial charge in [-0.05, 0) is 44.5 Å². The molecule has 0 aliphatic carbocycles. The molecule has 27 heavy (non-hydrogen) atoms. The number of carbonyl (C=O) groups excluding carboxylic acids is 1. The minimum atomic E-state index is -0.250. The van der Waals surface area contributed by atoms with Gasteiger partial charge in [0.2, 0.25) is 0 Å². The summed E-state index contributed by atoms with van der Waals surface area (Å²) in [6.07, 6.45) is 5.11. The molecule has 2 saturated heterocycles. The number of carbonyl (C=O) groups is 2. The maximum atomic E-state index is 12.4. The van der Waals surface area contributed by atoms with Crippen LogP contribution in [0.15, 0.2) is 30.3 Å². The molecule has 2 fully saturated rings. The van der Waals surface area contributed by atoms with Gasteiger partial charge in [-0.25, -0.2) is 4.79 Å². The lowest BCUT2D eigenvalue weighted by Gasteiger charge is -2.32. The van der Waals surface area contributed by atoms with Gasteiger partial charge < -0.3 is 20.2 Å². The smallest absolute Gasteiger partial charge is 0.317 e. The fourth-order valence-corrected chi connectivity index (χ4v) is 3.76. The fourth-order valence-electron chi connectivity index (χ4n) is 3.76. The number of piperidine rings is 1. The standard InChI is InChI=1S/C19H30N4O.CH2O2/c1-21(17-8-4-2-5-9-17)15-11-20-19(24)23-14-10-18(16-23)22-12-6-3-7-13-22;2-1-3/h2,4-5,8-9,18H,3,6-7,10-16H2,1H3,(H,20,24);1H,(H,2,3). The number of likely N-dealkylation sites (N-methyl/N-ethyl adjacent to an activating group) is 1. The van der Waals surface area contributed by atoms with Crippen molar-refractivity contribution < 1.29 is 14.7 Å². The van der Waals surface area contributed by atoms with E-state index in [4.69, 9.17) is 9.90 Å². The molecular formula is C20H32N4O3. The first-order valence-corrected chi connectivity index (χ1v) is 9.76. The van der Waals surface area contributed by atoms with Gasteiger partial charge in [0.25, 0.3) is 6.47 Å². The first-order valence-electron chi connectivity index (χ1n) is 9.76. The van der Waals surface area contributed by atoms with Crippen molar-refractivity contribution in [3.05, 3.63) is 30.3 Å². The van der Waals surface area contributed by atoms with E-state index >= 15 is 0 Å². The second-order valence-corrected chi connectivity index (χ2v) is 7.08. The molecule has 1 unspecified atom stereocenters. The van der Waals surface area contributed by atoms with Crippen LogP contribution >= 0.6 is 0 Å². The molecule has 2 aliphatic rings. The molecule has 1 atom stereocenters. The highest BCUT2D eigenvalue weighted by molar-refractivity contribution is 5.74. The van der Waals surface area contributed by atoms with Gasteiger partial charge in [0.05, 0.1) is 0 Å². The van der Waals surface area contributed by atoms with E-state index in [1.54, 1.807) is 0 Å². The number of urea groups is 1. The largest absolute Gasteiger partial charge is 0.483 e. The molecule has 2 N–H and O–H groups in total. The number of carboxylic acid groups (broad SMARTS) is 1. The maximum absolute atomic E-state index is 12.4. The Morgan fingerprint density at radius 2 is 1.89 bits per heavy atom. The van der Waals surface area contributed by atoms with Gasteiger partial charge in [-0.2, -0.15) is 0 Å².